The van der Waals surface area contributed by atoms with Gasteiger partial charge in [-0.25, -0.2) is 8.78 Å². The van der Waals surface area contributed by atoms with Gasteiger partial charge in [-0.1, -0.05) is 12.6 Å². The Hall–Kier alpha value is -3.00. The maximum atomic E-state index is 13.8. The number of fused-ring (bicyclic) bond motifs is 2. The Balaban J connectivity index is 1.62. The highest BCUT2D eigenvalue weighted by atomic mass is 19.1. The molecule has 2 aliphatic rings. The van der Waals surface area contributed by atoms with Gasteiger partial charge >= 0.3 is 0 Å². The summed E-state index contributed by atoms with van der Waals surface area (Å²) in [7, 11) is 0. The van der Waals surface area contributed by atoms with Crippen molar-refractivity contribution in [2.75, 3.05) is 6.61 Å². The fourth-order valence-corrected chi connectivity index (χ4v) is 3.99. The molecule has 29 heavy (non-hydrogen) atoms. The number of amides is 1. The Labute approximate surface area is 166 Å². The van der Waals surface area contributed by atoms with Crippen LogP contribution in [0.4, 0.5) is 8.78 Å². The third-order valence-electron chi connectivity index (χ3n) is 5.46. The number of halogens is 2. The molecule has 6 nitrogen and oxygen atoms in total. The molecule has 1 N–H and O–H groups in total. The van der Waals surface area contributed by atoms with Crippen LogP contribution in [0.25, 0.3) is 5.70 Å². The minimum absolute atomic E-state index is 0.0407. The zero-order chi connectivity index (χ0) is 20.9. The van der Waals surface area contributed by atoms with Gasteiger partial charge in [0.25, 0.3) is 5.91 Å². The topological polar surface area (TPSA) is 63.6 Å². The summed E-state index contributed by atoms with van der Waals surface area (Å²) in [5, 5.41) is 2.54. The molecule has 0 aliphatic carbocycles. The van der Waals surface area contributed by atoms with E-state index in [1.54, 1.807) is 6.92 Å². The lowest BCUT2D eigenvalue weighted by Crippen LogP contribution is -2.43. The third kappa shape index (κ3) is 3.23. The normalized spacial score (nSPS) is 20.4. The first kappa shape index (κ1) is 19.3. The van der Waals surface area contributed by atoms with Gasteiger partial charge in [-0.2, -0.15) is 0 Å². The van der Waals surface area contributed by atoms with Crippen LogP contribution >= 0.6 is 0 Å². The molecular formula is C21H21F2N3O3. The molecule has 0 bridgehead atoms. The third-order valence-corrected chi connectivity index (χ3v) is 5.46. The van der Waals surface area contributed by atoms with Crippen LogP contribution in [0.1, 0.15) is 34.1 Å². The monoisotopic (exact) mass is 401 g/mol. The standard InChI is InChI=1S/C21H21F2N3O3/c1-11-10-29-18-9-25-8-16(20(27)12(2)19(25)13(3)26(11)18)21(28)24-7-14-4-5-15(22)6-17(14)23/h4-6,8,11,18H,3,7,9-10H2,1-2H3,(H,24,28). The van der Waals surface area contributed by atoms with E-state index < -0.39 is 23.0 Å². The summed E-state index contributed by atoms with van der Waals surface area (Å²) in [5.41, 5.74) is 1.49. The molecule has 0 spiro atoms. The summed E-state index contributed by atoms with van der Waals surface area (Å²) in [6, 6.07) is 3.28. The minimum Gasteiger partial charge on any atom is -0.354 e. The molecule has 1 aromatic heterocycles. The lowest BCUT2D eigenvalue weighted by Gasteiger charge is -2.37. The average molecular weight is 401 g/mol. The first-order valence-electron chi connectivity index (χ1n) is 9.33. The van der Waals surface area contributed by atoms with Gasteiger partial charge in [0.15, 0.2) is 5.43 Å². The van der Waals surface area contributed by atoms with E-state index in [2.05, 4.69) is 16.8 Å². The molecule has 1 amide bonds. The van der Waals surface area contributed by atoms with Crippen molar-refractivity contribution in [2.45, 2.75) is 39.2 Å². The highest BCUT2D eigenvalue weighted by molar-refractivity contribution is 5.94. The summed E-state index contributed by atoms with van der Waals surface area (Å²) in [4.78, 5) is 27.5. The van der Waals surface area contributed by atoms with Gasteiger partial charge in [0.2, 0.25) is 0 Å². The van der Waals surface area contributed by atoms with Crippen molar-refractivity contribution in [1.29, 1.82) is 0 Å². The van der Waals surface area contributed by atoms with Gasteiger partial charge in [-0.05, 0) is 19.9 Å². The Kier molecular flexibility index (Phi) is 4.74. The SMILES string of the molecule is C=C1c2c(C)c(=O)c(C(=O)NCc3ccc(F)cc3F)cn2CC2OCC(C)N12. The number of nitrogens with one attached hydrogen (secondary N) is 1. The van der Waals surface area contributed by atoms with Crippen LogP contribution < -0.4 is 10.7 Å². The smallest absolute Gasteiger partial charge is 0.257 e. The van der Waals surface area contributed by atoms with Gasteiger partial charge in [-0.15, -0.1) is 0 Å². The van der Waals surface area contributed by atoms with E-state index in [1.807, 2.05) is 11.5 Å². The Bertz CT molecular complexity index is 1080. The zero-order valence-corrected chi connectivity index (χ0v) is 16.2. The lowest BCUT2D eigenvalue weighted by molar-refractivity contribution is 0.0371. The maximum Gasteiger partial charge on any atom is 0.257 e. The second-order valence-corrected chi connectivity index (χ2v) is 7.41. The molecular weight excluding hydrogens is 380 g/mol. The number of ether oxygens (including phenoxy) is 1. The van der Waals surface area contributed by atoms with Crippen LogP contribution in [-0.2, 0) is 17.8 Å². The number of rotatable bonds is 3. The van der Waals surface area contributed by atoms with Gasteiger partial charge in [0.05, 0.1) is 30.6 Å². The van der Waals surface area contributed by atoms with Crippen molar-refractivity contribution < 1.29 is 18.3 Å². The van der Waals surface area contributed by atoms with Gasteiger partial charge in [-0.3, -0.25) is 9.59 Å². The van der Waals surface area contributed by atoms with E-state index in [9.17, 15) is 18.4 Å². The van der Waals surface area contributed by atoms with E-state index in [4.69, 9.17) is 4.74 Å². The summed E-state index contributed by atoms with van der Waals surface area (Å²) in [6.07, 6.45) is 1.30. The number of hydrogen-bond donors (Lipinski definition) is 1. The Morgan fingerprint density at radius 3 is 2.86 bits per heavy atom. The number of pyridine rings is 1. The van der Waals surface area contributed by atoms with Crippen LogP contribution in [0.15, 0.2) is 35.8 Å². The number of carbonyl (C=O) groups excluding carboxylic acids is 1. The summed E-state index contributed by atoms with van der Waals surface area (Å²) < 4.78 is 34.4. The highest BCUT2D eigenvalue weighted by Gasteiger charge is 2.38. The molecule has 4 rings (SSSR count). The first-order valence-corrected chi connectivity index (χ1v) is 9.33. The van der Waals surface area contributed by atoms with Gasteiger partial charge in [0, 0.05) is 29.9 Å². The summed E-state index contributed by atoms with van der Waals surface area (Å²) >= 11 is 0. The van der Waals surface area contributed by atoms with E-state index in [0.29, 0.717) is 30.1 Å². The largest absolute Gasteiger partial charge is 0.354 e. The molecule has 0 saturated carbocycles. The Morgan fingerprint density at radius 2 is 2.14 bits per heavy atom. The number of benzene rings is 1. The fourth-order valence-electron chi connectivity index (χ4n) is 3.99. The molecule has 2 aromatic rings. The van der Waals surface area contributed by atoms with E-state index in [1.165, 1.54) is 12.3 Å². The molecule has 2 unspecified atom stereocenters. The molecule has 1 aromatic carbocycles. The molecule has 1 fully saturated rings. The van der Waals surface area contributed by atoms with Crippen LogP contribution in [0.5, 0.6) is 0 Å². The molecule has 2 aliphatic heterocycles. The van der Waals surface area contributed by atoms with Crippen molar-refractivity contribution in [1.82, 2.24) is 14.8 Å². The van der Waals surface area contributed by atoms with Crippen molar-refractivity contribution in [2.24, 2.45) is 0 Å². The predicted octanol–water partition coefficient (Wildman–Crippen LogP) is 2.40. The van der Waals surface area contributed by atoms with E-state index in [0.717, 1.165) is 12.1 Å². The van der Waals surface area contributed by atoms with Gasteiger partial charge in [0.1, 0.15) is 23.4 Å². The molecule has 2 atom stereocenters. The molecule has 8 heteroatoms. The quantitative estimate of drug-likeness (QED) is 0.858. The van der Waals surface area contributed by atoms with E-state index >= 15 is 0 Å². The number of nitrogens with zero attached hydrogens (tertiary/aromatic N) is 2. The second-order valence-electron chi connectivity index (χ2n) is 7.41. The molecule has 0 radical (unpaired) electrons. The van der Waals surface area contributed by atoms with E-state index in [-0.39, 0.29) is 29.9 Å². The number of hydrogen-bond acceptors (Lipinski definition) is 4. The molecule has 3 heterocycles. The second kappa shape index (κ2) is 7.11. The maximum absolute atomic E-state index is 13.8. The average Bonchev–Trinajstić information content (AvgIpc) is 3.04. The predicted molar refractivity (Wildman–Crippen MR) is 103 cm³/mol. The highest BCUT2D eigenvalue weighted by Crippen LogP contribution is 2.34. The van der Waals surface area contributed by atoms with Crippen molar-refractivity contribution in [3.05, 3.63) is 75.2 Å². The van der Waals surface area contributed by atoms with Crippen LogP contribution in [0.3, 0.4) is 0 Å². The zero-order valence-electron chi connectivity index (χ0n) is 16.2. The lowest BCUT2D eigenvalue weighted by atomic mass is 10.0. The van der Waals surface area contributed by atoms with Crippen molar-refractivity contribution in [3.63, 3.8) is 0 Å². The number of aromatic nitrogens is 1. The molecule has 152 valence electrons. The van der Waals surface area contributed by atoms with Crippen LogP contribution in [0, 0.1) is 18.6 Å². The minimum atomic E-state index is -0.757. The van der Waals surface area contributed by atoms with Gasteiger partial charge < -0.3 is 19.5 Å². The fraction of sp³-hybridized carbons (Fsp3) is 0.333. The summed E-state index contributed by atoms with van der Waals surface area (Å²) in [6.45, 7) is 8.70. The van der Waals surface area contributed by atoms with Crippen molar-refractivity contribution in [3.8, 4) is 0 Å². The summed E-state index contributed by atoms with van der Waals surface area (Å²) in [5.74, 6) is -2.07. The van der Waals surface area contributed by atoms with Crippen molar-refractivity contribution >= 4 is 11.6 Å². The first-order chi connectivity index (χ1) is 13.8. The van der Waals surface area contributed by atoms with Crippen LogP contribution in [-0.4, -0.2) is 34.3 Å². The Morgan fingerprint density at radius 1 is 1.38 bits per heavy atom. The van der Waals surface area contributed by atoms with Crippen LogP contribution in [0.2, 0.25) is 0 Å². The number of carbonyl (C=O) groups is 1. The molecule has 1 saturated heterocycles.